The van der Waals surface area contributed by atoms with Crippen LogP contribution in [0.5, 0.6) is 0 Å². The van der Waals surface area contributed by atoms with Gasteiger partial charge in [-0.25, -0.2) is 0 Å². The molecule has 1 amide bonds. The van der Waals surface area contributed by atoms with E-state index in [4.69, 9.17) is 4.74 Å². The van der Waals surface area contributed by atoms with Crippen molar-refractivity contribution >= 4 is 5.91 Å². The lowest BCUT2D eigenvalue weighted by atomic mass is 9.78. The second-order valence-corrected chi connectivity index (χ2v) is 6.67. The molecule has 1 aromatic rings. The molecule has 5 nitrogen and oxygen atoms in total. The van der Waals surface area contributed by atoms with Crippen LogP contribution in [0.3, 0.4) is 0 Å². The molecule has 0 radical (unpaired) electrons. The van der Waals surface area contributed by atoms with Gasteiger partial charge in [-0.05, 0) is 18.3 Å². The maximum absolute atomic E-state index is 12.1. The van der Waals surface area contributed by atoms with Crippen LogP contribution in [-0.4, -0.2) is 34.9 Å². The van der Waals surface area contributed by atoms with Crippen molar-refractivity contribution < 1.29 is 9.53 Å². The number of hydrogen-bond acceptors (Lipinski definition) is 3. The highest BCUT2D eigenvalue weighted by atomic mass is 16.5. The van der Waals surface area contributed by atoms with Crippen LogP contribution in [-0.2, 0) is 11.8 Å². The van der Waals surface area contributed by atoms with E-state index in [0.717, 1.165) is 19.4 Å². The van der Waals surface area contributed by atoms with Gasteiger partial charge in [0.05, 0.1) is 17.9 Å². The molecule has 2 rings (SSSR count). The van der Waals surface area contributed by atoms with E-state index in [2.05, 4.69) is 31.2 Å². The zero-order valence-corrected chi connectivity index (χ0v) is 12.8. The topological polar surface area (TPSA) is 56.2 Å². The molecule has 20 heavy (non-hydrogen) atoms. The second-order valence-electron chi connectivity index (χ2n) is 6.67. The van der Waals surface area contributed by atoms with E-state index in [1.807, 2.05) is 0 Å². The fourth-order valence-corrected chi connectivity index (χ4v) is 2.87. The number of carbonyl (C=O) groups is 1. The van der Waals surface area contributed by atoms with Gasteiger partial charge in [0, 0.05) is 32.3 Å². The lowest BCUT2D eigenvalue weighted by Crippen LogP contribution is -2.45. The minimum absolute atomic E-state index is 0.0590. The average molecular weight is 279 g/mol. The van der Waals surface area contributed by atoms with Gasteiger partial charge in [0.2, 0.25) is 0 Å². The van der Waals surface area contributed by atoms with Crippen LogP contribution in [0, 0.1) is 11.3 Å². The van der Waals surface area contributed by atoms with Gasteiger partial charge in [-0.15, -0.1) is 0 Å². The number of aromatic nitrogens is 2. The van der Waals surface area contributed by atoms with E-state index in [1.165, 1.54) is 0 Å². The van der Waals surface area contributed by atoms with Gasteiger partial charge >= 0.3 is 0 Å². The largest absolute Gasteiger partial charge is 0.377 e. The Morgan fingerprint density at radius 1 is 1.55 bits per heavy atom. The van der Waals surface area contributed by atoms with Crippen LogP contribution in [0.4, 0.5) is 0 Å². The van der Waals surface area contributed by atoms with Crippen molar-refractivity contribution in [2.45, 2.75) is 39.7 Å². The van der Waals surface area contributed by atoms with E-state index in [9.17, 15) is 4.79 Å². The van der Waals surface area contributed by atoms with Gasteiger partial charge in [-0.1, -0.05) is 20.8 Å². The average Bonchev–Trinajstić information content (AvgIpc) is 2.82. The third-order valence-corrected chi connectivity index (χ3v) is 3.79. The van der Waals surface area contributed by atoms with Gasteiger partial charge < -0.3 is 10.1 Å². The Bertz CT molecular complexity index is 462. The first-order chi connectivity index (χ1) is 9.38. The first kappa shape index (κ1) is 15.0. The summed E-state index contributed by atoms with van der Waals surface area (Å²) in [6.07, 6.45) is 5.70. The van der Waals surface area contributed by atoms with Crippen LogP contribution in [0.2, 0.25) is 0 Å². The third-order valence-electron chi connectivity index (χ3n) is 3.79. The number of nitrogens with one attached hydrogen (secondary N) is 1. The molecule has 0 bridgehead atoms. The Balaban J connectivity index is 1.93. The molecule has 2 unspecified atom stereocenters. The number of carbonyl (C=O) groups excluding carboxylic acids is 1. The molecular weight excluding hydrogens is 254 g/mol. The van der Waals surface area contributed by atoms with Crippen molar-refractivity contribution in [3.63, 3.8) is 0 Å². The Morgan fingerprint density at radius 3 is 2.90 bits per heavy atom. The predicted octanol–water partition coefficient (Wildman–Crippen LogP) is 1.99. The third kappa shape index (κ3) is 3.60. The number of nitrogens with zero attached hydrogens (tertiary/aromatic N) is 2. The van der Waals surface area contributed by atoms with Gasteiger partial charge in [-0.3, -0.25) is 9.48 Å². The maximum Gasteiger partial charge on any atom is 0.254 e. The van der Waals surface area contributed by atoms with Crippen LogP contribution in [0.15, 0.2) is 12.4 Å². The standard InChI is InChI=1S/C15H25N3O2/c1-15(2,3)13-11(6-5-7-20-13)8-16-14(19)12-9-17-18(4)10-12/h9-11,13H,5-8H2,1-4H3,(H,16,19). The summed E-state index contributed by atoms with van der Waals surface area (Å²) in [6.45, 7) is 8.07. The van der Waals surface area contributed by atoms with Gasteiger partial charge in [0.1, 0.15) is 0 Å². The highest BCUT2D eigenvalue weighted by Gasteiger charge is 2.35. The van der Waals surface area contributed by atoms with E-state index < -0.39 is 0 Å². The minimum Gasteiger partial charge on any atom is -0.377 e. The smallest absolute Gasteiger partial charge is 0.254 e. The lowest BCUT2D eigenvalue weighted by molar-refractivity contribution is -0.0839. The van der Waals surface area contributed by atoms with E-state index in [1.54, 1.807) is 24.1 Å². The molecule has 0 aromatic carbocycles. The molecular formula is C15H25N3O2. The van der Waals surface area contributed by atoms with Crippen LogP contribution in [0.1, 0.15) is 44.0 Å². The summed E-state index contributed by atoms with van der Waals surface area (Å²) in [5.74, 6) is 0.320. The monoisotopic (exact) mass is 279 g/mol. The van der Waals surface area contributed by atoms with E-state index in [-0.39, 0.29) is 17.4 Å². The van der Waals surface area contributed by atoms with Gasteiger partial charge in [0.15, 0.2) is 0 Å². The van der Waals surface area contributed by atoms with Gasteiger partial charge in [-0.2, -0.15) is 5.10 Å². The van der Waals surface area contributed by atoms with Crippen LogP contribution < -0.4 is 5.32 Å². The highest BCUT2D eigenvalue weighted by molar-refractivity contribution is 5.93. The molecule has 1 aliphatic rings. The zero-order chi connectivity index (χ0) is 14.8. The number of hydrogen-bond donors (Lipinski definition) is 1. The SMILES string of the molecule is Cn1cc(C(=O)NCC2CCCOC2C(C)(C)C)cn1. The molecule has 1 aromatic heterocycles. The molecule has 0 aliphatic carbocycles. The summed E-state index contributed by atoms with van der Waals surface area (Å²) in [7, 11) is 1.81. The first-order valence-electron chi connectivity index (χ1n) is 7.26. The Labute approximate surface area is 120 Å². The predicted molar refractivity (Wildman–Crippen MR) is 77.5 cm³/mol. The number of aryl methyl sites for hydroxylation is 1. The highest BCUT2D eigenvalue weighted by Crippen LogP contribution is 2.33. The zero-order valence-electron chi connectivity index (χ0n) is 12.8. The van der Waals surface area contributed by atoms with E-state index in [0.29, 0.717) is 18.0 Å². The first-order valence-corrected chi connectivity index (χ1v) is 7.26. The van der Waals surface area contributed by atoms with Crippen molar-refractivity contribution in [3.8, 4) is 0 Å². The second kappa shape index (κ2) is 5.95. The minimum atomic E-state index is -0.0590. The number of rotatable bonds is 3. The fraction of sp³-hybridized carbons (Fsp3) is 0.733. The molecule has 1 aliphatic heterocycles. The summed E-state index contributed by atoms with van der Waals surface area (Å²) in [6, 6.07) is 0. The Hall–Kier alpha value is -1.36. The Morgan fingerprint density at radius 2 is 2.30 bits per heavy atom. The summed E-state index contributed by atoms with van der Waals surface area (Å²) >= 11 is 0. The molecule has 1 saturated heterocycles. The molecule has 1 N–H and O–H groups in total. The van der Waals surface area contributed by atoms with E-state index >= 15 is 0 Å². The van der Waals surface area contributed by atoms with Crippen LogP contribution >= 0.6 is 0 Å². The normalized spacial score (nSPS) is 23.6. The van der Waals surface area contributed by atoms with Crippen molar-refractivity contribution in [2.75, 3.05) is 13.2 Å². The summed E-state index contributed by atoms with van der Waals surface area (Å²) in [5.41, 5.74) is 0.709. The molecule has 1 fully saturated rings. The van der Waals surface area contributed by atoms with Crippen molar-refractivity contribution in [3.05, 3.63) is 18.0 Å². The molecule has 0 saturated carbocycles. The fourth-order valence-electron chi connectivity index (χ4n) is 2.87. The van der Waals surface area contributed by atoms with Crippen molar-refractivity contribution in [1.82, 2.24) is 15.1 Å². The number of ether oxygens (including phenoxy) is 1. The molecule has 5 heteroatoms. The van der Waals surface area contributed by atoms with Crippen LogP contribution in [0.25, 0.3) is 0 Å². The molecule has 0 spiro atoms. The summed E-state index contributed by atoms with van der Waals surface area (Å²) in [4.78, 5) is 12.1. The maximum atomic E-state index is 12.1. The van der Waals surface area contributed by atoms with Crippen molar-refractivity contribution in [2.24, 2.45) is 18.4 Å². The lowest BCUT2D eigenvalue weighted by Gasteiger charge is -2.40. The molecule has 112 valence electrons. The molecule has 2 atom stereocenters. The molecule has 2 heterocycles. The van der Waals surface area contributed by atoms with Crippen molar-refractivity contribution in [1.29, 1.82) is 0 Å². The summed E-state index contributed by atoms with van der Waals surface area (Å²) < 4.78 is 7.56. The summed E-state index contributed by atoms with van der Waals surface area (Å²) in [5, 5.41) is 7.03. The van der Waals surface area contributed by atoms with Gasteiger partial charge in [0.25, 0.3) is 5.91 Å². The Kier molecular flexibility index (Phi) is 4.48. The quantitative estimate of drug-likeness (QED) is 0.920. The number of amides is 1.